The highest BCUT2D eigenvalue weighted by molar-refractivity contribution is 5.75. The van der Waals surface area contributed by atoms with Crippen LogP contribution in [0, 0.1) is 11.7 Å². The molecule has 31 heavy (non-hydrogen) atoms. The molecule has 5 nitrogen and oxygen atoms in total. The fourth-order valence-corrected chi connectivity index (χ4v) is 4.31. The Kier molecular flexibility index (Phi) is 7.10. The largest absolute Gasteiger partial charge is 0.352 e. The molecule has 0 spiro atoms. The molecule has 3 heterocycles. The van der Waals surface area contributed by atoms with Crippen LogP contribution in [-0.2, 0) is 17.9 Å². The molecule has 1 aliphatic heterocycles. The maximum Gasteiger partial charge on any atom is 0.220 e. The van der Waals surface area contributed by atoms with E-state index >= 15 is 0 Å². The standard InChI is InChI=1S/C25H29FN4O/c26-24-10-2-1-7-21(24)16-28-25(31)12-11-20-6-4-14-29(18-20)19-23-9-5-15-30(23)22-8-3-13-27-17-22/h1-3,5,7-10,13,15,17,20H,4,6,11-12,14,16,18-19H2,(H,28,31). The van der Waals surface area contributed by atoms with Crippen LogP contribution < -0.4 is 5.32 Å². The summed E-state index contributed by atoms with van der Waals surface area (Å²) in [5.41, 5.74) is 2.84. The second kappa shape index (κ2) is 10.4. The molecular weight excluding hydrogens is 391 g/mol. The second-order valence-electron chi connectivity index (χ2n) is 8.23. The lowest BCUT2D eigenvalue weighted by atomic mass is 9.93. The first-order chi connectivity index (χ1) is 15.2. The number of likely N-dealkylation sites (tertiary alicyclic amines) is 1. The number of benzene rings is 1. The zero-order valence-corrected chi connectivity index (χ0v) is 17.7. The highest BCUT2D eigenvalue weighted by atomic mass is 19.1. The van der Waals surface area contributed by atoms with Gasteiger partial charge in [-0.3, -0.25) is 14.7 Å². The van der Waals surface area contributed by atoms with Crippen LogP contribution in [0.2, 0.25) is 0 Å². The summed E-state index contributed by atoms with van der Waals surface area (Å²) in [5, 5.41) is 2.85. The Hall–Kier alpha value is -2.99. The predicted molar refractivity (Wildman–Crippen MR) is 119 cm³/mol. The van der Waals surface area contributed by atoms with E-state index in [-0.39, 0.29) is 18.3 Å². The lowest BCUT2D eigenvalue weighted by molar-refractivity contribution is -0.121. The summed E-state index contributed by atoms with van der Waals surface area (Å²) in [7, 11) is 0. The number of hydrogen-bond donors (Lipinski definition) is 1. The van der Waals surface area contributed by atoms with Gasteiger partial charge in [-0.25, -0.2) is 4.39 Å². The van der Waals surface area contributed by atoms with E-state index in [4.69, 9.17) is 0 Å². The molecule has 162 valence electrons. The number of aromatic nitrogens is 2. The molecule has 1 fully saturated rings. The van der Waals surface area contributed by atoms with Gasteiger partial charge < -0.3 is 9.88 Å². The number of hydrogen-bond acceptors (Lipinski definition) is 3. The number of nitrogens with zero attached hydrogens (tertiary/aromatic N) is 3. The van der Waals surface area contributed by atoms with Crippen molar-refractivity contribution >= 4 is 5.91 Å². The molecule has 1 amide bonds. The quantitative estimate of drug-likeness (QED) is 0.590. The zero-order valence-electron chi connectivity index (χ0n) is 17.7. The molecule has 1 atom stereocenters. The lowest BCUT2D eigenvalue weighted by Gasteiger charge is -2.33. The molecule has 0 aliphatic carbocycles. The van der Waals surface area contributed by atoms with Gasteiger partial charge in [0.1, 0.15) is 5.82 Å². The van der Waals surface area contributed by atoms with E-state index in [0.717, 1.165) is 44.6 Å². The van der Waals surface area contributed by atoms with E-state index in [2.05, 4.69) is 44.2 Å². The summed E-state index contributed by atoms with van der Waals surface area (Å²) < 4.78 is 15.9. The molecular formula is C25H29FN4O. The van der Waals surface area contributed by atoms with Crippen LogP contribution in [0.3, 0.4) is 0 Å². The van der Waals surface area contributed by atoms with Gasteiger partial charge in [0.15, 0.2) is 0 Å². The third kappa shape index (κ3) is 5.79. The van der Waals surface area contributed by atoms with Gasteiger partial charge in [-0.05, 0) is 62.1 Å². The van der Waals surface area contributed by atoms with E-state index in [0.29, 0.717) is 17.9 Å². The number of carbonyl (C=O) groups is 1. The van der Waals surface area contributed by atoms with Crippen molar-refractivity contribution < 1.29 is 9.18 Å². The van der Waals surface area contributed by atoms with Crippen molar-refractivity contribution in [3.8, 4) is 5.69 Å². The summed E-state index contributed by atoms with van der Waals surface area (Å²) >= 11 is 0. The maximum absolute atomic E-state index is 13.7. The smallest absolute Gasteiger partial charge is 0.220 e. The molecule has 0 saturated carbocycles. The molecule has 2 aromatic heterocycles. The molecule has 3 aromatic rings. The van der Waals surface area contributed by atoms with Gasteiger partial charge in [0, 0.05) is 49.7 Å². The number of carbonyl (C=O) groups excluding carboxylic acids is 1. The normalized spacial score (nSPS) is 16.9. The van der Waals surface area contributed by atoms with Crippen LogP contribution in [0.5, 0.6) is 0 Å². The molecule has 6 heteroatoms. The fraction of sp³-hybridized carbons (Fsp3) is 0.360. The Morgan fingerprint density at radius 1 is 1.16 bits per heavy atom. The van der Waals surface area contributed by atoms with Gasteiger partial charge in [-0.1, -0.05) is 18.2 Å². The van der Waals surface area contributed by atoms with Crippen LogP contribution in [0.25, 0.3) is 5.69 Å². The van der Waals surface area contributed by atoms with Crippen molar-refractivity contribution in [3.63, 3.8) is 0 Å². The van der Waals surface area contributed by atoms with Crippen LogP contribution >= 0.6 is 0 Å². The maximum atomic E-state index is 13.7. The summed E-state index contributed by atoms with van der Waals surface area (Å²) in [6, 6.07) is 14.8. The molecule has 1 saturated heterocycles. The molecule has 0 bridgehead atoms. The Bertz CT molecular complexity index is 988. The van der Waals surface area contributed by atoms with Crippen molar-refractivity contribution in [1.82, 2.24) is 19.8 Å². The van der Waals surface area contributed by atoms with E-state index in [1.165, 1.54) is 11.8 Å². The predicted octanol–water partition coefficient (Wildman–Crippen LogP) is 4.32. The zero-order chi connectivity index (χ0) is 21.5. The third-order valence-electron chi connectivity index (χ3n) is 5.96. The van der Waals surface area contributed by atoms with Crippen molar-refractivity contribution in [2.24, 2.45) is 5.92 Å². The minimum Gasteiger partial charge on any atom is -0.352 e. The van der Waals surface area contributed by atoms with E-state index in [1.54, 1.807) is 24.4 Å². The van der Waals surface area contributed by atoms with Crippen molar-refractivity contribution in [2.45, 2.75) is 38.8 Å². The lowest BCUT2D eigenvalue weighted by Crippen LogP contribution is -2.36. The van der Waals surface area contributed by atoms with Gasteiger partial charge >= 0.3 is 0 Å². The fourth-order valence-electron chi connectivity index (χ4n) is 4.31. The topological polar surface area (TPSA) is 50.2 Å². The Morgan fingerprint density at radius 3 is 2.90 bits per heavy atom. The first-order valence-electron chi connectivity index (χ1n) is 11.0. The summed E-state index contributed by atoms with van der Waals surface area (Å²) in [5.74, 6) is 0.224. The number of nitrogens with one attached hydrogen (secondary N) is 1. The number of pyridine rings is 1. The third-order valence-corrected chi connectivity index (χ3v) is 5.96. The average molecular weight is 421 g/mol. The van der Waals surface area contributed by atoms with Gasteiger partial charge in [0.05, 0.1) is 11.9 Å². The molecule has 1 aliphatic rings. The SMILES string of the molecule is O=C(CCC1CCCN(Cc2cccn2-c2cccnc2)C1)NCc1ccccc1F. The average Bonchev–Trinajstić information content (AvgIpc) is 3.26. The van der Waals surface area contributed by atoms with Gasteiger partial charge in [0.25, 0.3) is 0 Å². The van der Waals surface area contributed by atoms with Crippen molar-refractivity contribution in [3.05, 3.63) is 84.2 Å². The molecule has 0 radical (unpaired) electrons. The van der Waals surface area contributed by atoms with Crippen molar-refractivity contribution in [1.29, 1.82) is 0 Å². The van der Waals surface area contributed by atoms with Gasteiger partial charge in [0.2, 0.25) is 5.91 Å². The van der Waals surface area contributed by atoms with Crippen LogP contribution in [0.1, 0.15) is 36.9 Å². The minimum atomic E-state index is -0.276. The molecule has 1 aromatic carbocycles. The van der Waals surface area contributed by atoms with Crippen LogP contribution in [-0.4, -0.2) is 33.4 Å². The highest BCUT2D eigenvalue weighted by Crippen LogP contribution is 2.23. The summed E-state index contributed by atoms with van der Waals surface area (Å²) in [4.78, 5) is 19.0. The van der Waals surface area contributed by atoms with Gasteiger partial charge in [-0.2, -0.15) is 0 Å². The van der Waals surface area contributed by atoms with Crippen LogP contribution in [0.4, 0.5) is 4.39 Å². The van der Waals surface area contributed by atoms with Gasteiger partial charge in [-0.15, -0.1) is 0 Å². The first-order valence-corrected chi connectivity index (χ1v) is 11.0. The van der Waals surface area contributed by atoms with E-state index in [1.807, 2.05) is 12.3 Å². The monoisotopic (exact) mass is 420 g/mol. The summed E-state index contributed by atoms with van der Waals surface area (Å²) in [6.45, 7) is 3.21. The molecule has 1 unspecified atom stereocenters. The van der Waals surface area contributed by atoms with E-state index in [9.17, 15) is 9.18 Å². The summed E-state index contributed by atoms with van der Waals surface area (Å²) in [6.07, 6.45) is 9.39. The Balaban J connectivity index is 1.25. The number of halogens is 1. The molecule has 1 N–H and O–H groups in total. The highest BCUT2D eigenvalue weighted by Gasteiger charge is 2.21. The minimum absolute atomic E-state index is 0.00849. The number of rotatable bonds is 8. The van der Waals surface area contributed by atoms with Crippen LogP contribution in [0.15, 0.2) is 67.1 Å². The van der Waals surface area contributed by atoms with Crippen molar-refractivity contribution in [2.75, 3.05) is 13.1 Å². The first kappa shape index (κ1) is 21.2. The number of piperidine rings is 1. The molecule has 4 rings (SSSR count). The Morgan fingerprint density at radius 2 is 2.06 bits per heavy atom. The number of amides is 1. The second-order valence-corrected chi connectivity index (χ2v) is 8.23. The van der Waals surface area contributed by atoms with E-state index < -0.39 is 0 Å². The Labute approximate surface area is 182 Å².